The molecule has 3 N–H and O–H groups in total. The fourth-order valence-electron chi connectivity index (χ4n) is 3.25. The molecule has 0 aromatic heterocycles. The van der Waals surface area contributed by atoms with Crippen LogP contribution in [0.1, 0.15) is 12.0 Å². The summed E-state index contributed by atoms with van der Waals surface area (Å²) in [6.45, 7) is 2.98. The van der Waals surface area contributed by atoms with Crippen LogP contribution in [0.3, 0.4) is 0 Å². The van der Waals surface area contributed by atoms with E-state index < -0.39 is 36.7 Å². The van der Waals surface area contributed by atoms with Crippen LogP contribution in [0, 0.1) is 0 Å². The van der Waals surface area contributed by atoms with Gasteiger partial charge in [0, 0.05) is 25.3 Å². The van der Waals surface area contributed by atoms with Crippen molar-refractivity contribution < 1.29 is 30.0 Å². The molecule has 0 aliphatic carbocycles. The quantitative estimate of drug-likeness (QED) is 0.495. The first-order chi connectivity index (χ1) is 14.9. The number of hydrogen-bond acceptors (Lipinski definition) is 6. The van der Waals surface area contributed by atoms with Crippen molar-refractivity contribution in [1.82, 2.24) is 5.32 Å². The van der Waals surface area contributed by atoms with E-state index >= 15 is 0 Å². The number of nitrogens with one attached hydrogen (secondary N) is 3. The third-order valence-corrected chi connectivity index (χ3v) is 6.67. The van der Waals surface area contributed by atoms with Gasteiger partial charge in [0.05, 0.1) is 28.1 Å². The summed E-state index contributed by atoms with van der Waals surface area (Å²) in [6.07, 6.45) is -2.92. The number of nitrogens with zero attached hydrogens (tertiary/aromatic N) is 1. The lowest BCUT2D eigenvalue weighted by Gasteiger charge is -2.24. The van der Waals surface area contributed by atoms with Gasteiger partial charge in [0.25, 0.3) is 10.0 Å². The van der Waals surface area contributed by atoms with Crippen LogP contribution in [0.5, 0.6) is 0 Å². The maximum Gasteiger partial charge on any atom is 0.416 e. The third-order valence-electron chi connectivity index (χ3n) is 4.72. The first kappa shape index (κ1) is 30.1. The maximum atomic E-state index is 13.0. The maximum absolute atomic E-state index is 13.0. The zero-order chi connectivity index (χ0) is 23.6. The van der Waals surface area contributed by atoms with E-state index in [9.17, 15) is 30.0 Å². The first-order valence-electron chi connectivity index (χ1n) is 9.63. The normalized spacial score (nSPS) is 14.9. The van der Waals surface area contributed by atoms with Crippen LogP contribution in [0.15, 0.2) is 47.4 Å². The molecule has 34 heavy (non-hydrogen) atoms. The van der Waals surface area contributed by atoms with Crippen molar-refractivity contribution >= 4 is 61.9 Å². The van der Waals surface area contributed by atoms with E-state index in [1.165, 1.54) is 12.1 Å². The second-order valence-electron chi connectivity index (χ2n) is 7.33. The Labute approximate surface area is 209 Å². The van der Waals surface area contributed by atoms with E-state index in [1.807, 2.05) is 4.90 Å². The summed E-state index contributed by atoms with van der Waals surface area (Å²) in [5, 5.41) is 3.25. The molecular weight excluding hydrogens is 540 g/mol. The monoisotopic (exact) mass is 564 g/mol. The van der Waals surface area contributed by atoms with Crippen LogP contribution in [0.4, 0.5) is 30.2 Å². The molecule has 192 valence electrons. The number of anilines is 3. The van der Waals surface area contributed by atoms with Crippen molar-refractivity contribution in [2.45, 2.75) is 17.5 Å². The predicted octanol–water partition coefficient (Wildman–Crippen LogP) is 3.52. The summed E-state index contributed by atoms with van der Waals surface area (Å²) in [5.41, 5.74) is -0.566. The Kier molecular flexibility index (Phi) is 10.3. The molecule has 1 fully saturated rings. The predicted molar refractivity (Wildman–Crippen MR) is 131 cm³/mol. The van der Waals surface area contributed by atoms with E-state index in [0.29, 0.717) is 18.3 Å². The number of alkyl halides is 3. The Balaban J connectivity index is 0.00000289. The van der Waals surface area contributed by atoms with Crippen LogP contribution in [-0.4, -0.2) is 49.3 Å². The topological polar surface area (TPSA) is 108 Å². The van der Waals surface area contributed by atoms with Gasteiger partial charge in [0.15, 0.2) is 0 Å². The van der Waals surface area contributed by atoms with E-state index in [-0.39, 0.29) is 36.2 Å². The molecule has 0 spiro atoms. The molecule has 15 heteroatoms. The molecule has 2 aromatic carbocycles. The zero-order valence-electron chi connectivity index (χ0n) is 17.9. The van der Waals surface area contributed by atoms with Gasteiger partial charge in [-0.2, -0.15) is 13.2 Å². The zero-order valence-corrected chi connectivity index (χ0v) is 21.2. The van der Waals surface area contributed by atoms with Gasteiger partial charge >= 0.3 is 6.18 Å². The van der Waals surface area contributed by atoms with Crippen molar-refractivity contribution in [3.8, 4) is 0 Å². The van der Waals surface area contributed by atoms with Crippen molar-refractivity contribution in [3.63, 3.8) is 0 Å². The standard InChI is InChI=1S/C19H23F3N4O4S2.2ClH/c1-31(27,28)24-18-13-15(26-10-3-8-23-9-11-26)6-7-17(18)25-32(29,30)16-5-2-4-14(12-16)19(20,21)22;;/h2,4-7,12-13,23-25H,3,8-11H2,1H3;2*1H. The summed E-state index contributed by atoms with van der Waals surface area (Å²) in [6, 6.07) is 7.81. The highest BCUT2D eigenvalue weighted by Crippen LogP contribution is 2.33. The average molecular weight is 565 g/mol. The number of rotatable bonds is 6. The number of sulfonamides is 2. The Morgan fingerprint density at radius 1 is 0.912 bits per heavy atom. The van der Waals surface area contributed by atoms with E-state index in [1.54, 1.807) is 6.07 Å². The Morgan fingerprint density at radius 3 is 2.26 bits per heavy atom. The summed E-state index contributed by atoms with van der Waals surface area (Å²) in [4.78, 5) is 1.43. The lowest BCUT2D eigenvalue weighted by molar-refractivity contribution is -0.137. The second kappa shape index (κ2) is 11.7. The number of halogens is 5. The van der Waals surface area contributed by atoms with E-state index in [2.05, 4.69) is 14.8 Å². The lowest BCUT2D eigenvalue weighted by Crippen LogP contribution is -2.28. The molecule has 0 amide bonds. The average Bonchev–Trinajstić information content (AvgIpc) is 2.97. The van der Waals surface area contributed by atoms with Crippen molar-refractivity contribution in [2.24, 2.45) is 0 Å². The molecule has 1 aliphatic rings. The highest BCUT2D eigenvalue weighted by atomic mass is 35.5. The largest absolute Gasteiger partial charge is 0.416 e. The minimum absolute atomic E-state index is 0. The molecule has 1 heterocycles. The van der Waals surface area contributed by atoms with Gasteiger partial charge in [-0.15, -0.1) is 24.8 Å². The molecule has 0 radical (unpaired) electrons. The van der Waals surface area contributed by atoms with E-state index in [0.717, 1.165) is 50.5 Å². The Hall–Kier alpha value is -1.93. The molecule has 1 aliphatic heterocycles. The van der Waals surface area contributed by atoms with Gasteiger partial charge < -0.3 is 10.2 Å². The van der Waals surface area contributed by atoms with Gasteiger partial charge in [-0.1, -0.05) is 6.07 Å². The molecule has 0 bridgehead atoms. The van der Waals surface area contributed by atoms with Gasteiger partial charge in [0.2, 0.25) is 10.0 Å². The highest BCUT2D eigenvalue weighted by molar-refractivity contribution is 7.93. The molecule has 0 atom stereocenters. The fourth-order valence-corrected chi connectivity index (χ4v) is 4.94. The molecule has 0 unspecified atom stereocenters. The fraction of sp³-hybridized carbons (Fsp3) is 0.368. The first-order valence-corrected chi connectivity index (χ1v) is 13.0. The summed E-state index contributed by atoms with van der Waals surface area (Å²) < 4.78 is 92.6. The highest BCUT2D eigenvalue weighted by Gasteiger charge is 2.32. The number of benzene rings is 2. The lowest BCUT2D eigenvalue weighted by atomic mass is 10.2. The van der Waals surface area contributed by atoms with Crippen LogP contribution in [0.25, 0.3) is 0 Å². The third kappa shape index (κ3) is 8.08. The Morgan fingerprint density at radius 2 is 1.62 bits per heavy atom. The Bertz CT molecular complexity index is 1190. The van der Waals surface area contributed by atoms with Crippen LogP contribution in [-0.2, 0) is 26.2 Å². The van der Waals surface area contributed by atoms with Crippen molar-refractivity contribution in [3.05, 3.63) is 48.0 Å². The summed E-state index contributed by atoms with van der Waals surface area (Å²) in [7, 11) is -8.19. The molecule has 2 aromatic rings. The molecule has 0 saturated carbocycles. The van der Waals surface area contributed by atoms with Gasteiger partial charge in [-0.05, 0) is 49.4 Å². The summed E-state index contributed by atoms with van der Waals surface area (Å²) >= 11 is 0. The number of hydrogen-bond donors (Lipinski definition) is 3. The summed E-state index contributed by atoms with van der Waals surface area (Å²) in [5.74, 6) is 0. The van der Waals surface area contributed by atoms with Gasteiger partial charge in [-0.3, -0.25) is 9.44 Å². The van der Waals surface area contributed by atoms with E-state index in [4.69, 9.17) is 0 Å². The minimum Gasteiger partial charge on any atom is -0.370 e. The second-order valence-corrected chi connectivity index (χ2v) is 10.8. The van der Waals surface area contributed by atoms with Crippen molar-refractivity contribution in [2.75, 3.05) is 46.8 Å². The minimum atomic E-state index is -4.71. The van der Waals surface area contributed by atoms with Crippen LogP contribution >= 0.6 is 24.8 Å². The van der Waals surface area contributed by atoms with Gasteiger partial charge in [-0.25, -0.2) is 16.8 Å². The SMILES string of the molecule is CS(=O)(=O)Nc1cc(N2CCCNCC2)ccc1NS(=O)(=O)c1cccc(C(F)(F)F)c1.Cl.Cl. The molecule has 3 rings (SSSR count). The van der Waals surface area contributed by atoms with Gasteiger partial charge in [0.1, 0.15) is 0 Å². The smallest absolute Gasteiger partial charge is 0.370 e. The molecule has 1 saturated heterocycles. The van der Waals surface area contributed by atoms with Crippen LogP contribution < -0.4 is 19.7 Å². The van der Waals surface area contributed by atoms with Crippen LogP contribution in [0.2, 0.25) is 0 Å². The van der Waals surface area contributed by atoms with Crippen molar-refractivity contribution in [1.29, 1.82) is 0 Å². The molecule has 8 nitrogen and oxygen atoms in total. The molecular formula is C19H25Cl2F3N4O4S2.